The number of aryl methyl sites for hydroxylation is 1. The van der Waals surface area contributed by atoms with Crippen LogP contribution in [0.1, 0.15) is 51.9 Å². The van der Waals surface area contributed by atoms with E-state index in [4.69, 9.17) is 14.5 Å². The van der Waals surface area contributed by atoms with E-state index in [9.17, 15) is 13.2 Å². The summed E-state index contributed by atoms with van der Waals surface area (Å²) in [6.45, 7) is 8.14. The van der Waals surface area contributed by atoms with Crippen molar-refractivity contribution in [2.24, 2.45) is 0 Å². The quantitative estimate of drug-likeness (QED) is 0.182. The number of fused-ring (bicyclic) bond motifs is 1. The molecule has 1 heterocycles. The highest BCUT2D eigenvalue weighted by molar-refractivity contribution is 7.92. The first-order valence-electron chi connectivity index (χ1n) is 13.0. The molecule has 0 aliphatic heterocycles. The molecule has 9 heteroatoms. The van der Waals surface area contributed by atoms with Gasteiger partial charge in [0.2, 0.25) is 10.0 Å². The summed E-state index contributed by atoms with van der Waals surface area (Å²) in [5.74, 6) is 1.39. The molecule has 0 saturated carbocycles. The van der Waals surface area contributed by atoms with Crippen molar-refractivity contribution in [1.29, 1.82) is 0 Å². The third-order valence-corrected chi connectivity index (χ3v) is 6.57. The minimum Gasteiger partial charge on any atom is -0.428 e. The fourth-order valence-corrected chi connectivity index (χ4v) is 4.84. The summed E-state index contributed by atoms with van der Waals surface area (Å²) in [5.41, 5.74) is 4.33. The summed E-state index contributed by atoms with van der Waals surface area (Å²) in [6.07, 6.45) is 3.27. The van der Waals surface area contributed by atoms with Gasteiger partial charge < -0.3 is 14.0 Å². The first kappa shape index (κ1) is 28.2. The van der Waals surface area contributed by atoms with E-state index in [-0.39, 0.29) is 0 Å². The molecule has 39 heavy (non-hydrogen) atoms. The van der Waals surface area contributed by atoms with Gasteiger partial charge in [0.05, 0.1) is 23.0 Å². The van der Waals surface area contributed by atoms with E-state index in [1.54, 1.807) is 39.0 Å². The molecule has 8 nitrogen and oxygen atoms in total. The Morgan fingerprint density at radius 1 is 1.03 bits per heavy atom. The molecule has 1 aromatic heterocycles. The van der Waals surface area contributed by atoms with E-state index >= 15 is 0 Å². The van der Waals surface area contributed by atoms with Crippen LogP contribution >= 0.6 is 0 Å². The minimum atomic E-state index is -3.38. The molecular weight excluding hydrogens is 514 g/mol. The first-order chi connectivity index (χ1) is 18.4. The largest absolute Gasteiger partial charge is 0.514 e. The van der Waals surface area contributed by atoms with Crippen molar-refractivity contribution in [2.75, 3.05) is 11.0 Å². The number of benzene rings is 3. The van der Waals surface area contributed by atoms with Crippen molar-refractivity contribution in [3.05, 3.63) is 78.1 Å². The zero-order valence-electron chi connectivity index (χ0n) is 23.0. The Kier molecular flexibility index (Phi) is 8.30. The summed E-state index contributed by atoms with van der Waals surface area (Å²) in [7, 11) is -3.38. The maximum Gasteiger partial charge on any atom is 0.514 e. The Morgan fingerprint density at radius 3 is 2.41 bits per heavy atom. The SMILES string of the molecule is CCCCc1nc2cc(NS(C)(=O)=O)ccc2n1Cc1ccc(-c2ccccc2OC(=O)OC(C)(C)C)cc1. The smallest absolute Gasteiger partial charge is 0.428 e. The van der Waals surface area contributed by atoms with Gasteiger partial charge >= 0.3 is 6.16 Å². The third kappa shape index (κ3) is 7.60. The van der Waals surface area contributed by atoms with Gasteiger partial charge in [-0.15, -0.1) is 0 Å². The normalized spacial score (nSPS) is 11.9. The summed E-state index contributed by atoms with van der Waals surface area (Å²) in [4.78, 5) is 17.1. The maximum atomic E-state index is 12.3. The number of unbranched alkanes of at least 4 members (excludes halogenated alkanes) is 1. The Bertz CT molecular complexity index is 1570. The Hall–Kier alpha value is -3.85. The molecule has 0 amide bonds. The number of aromatic nitrogens is 2. The lowest BCUT2D eigenvalue weighted by Crippen LogP contribution is -2.26. The Morgan fingerprint density at radius 2 is 1.74 bits per heavy atom. The highest BCUT2D eigenvalue weighted by Gasteiger charge is 2.19. The molecule has 4 aromatic rings. The molecule has 0 radical (unpaired) electrons. The molecule has 3 aromatic carbocycles. The standard InChI is InChI=1S/C30H35N3O5S/c1-6-7-12-28-31-25-19-23(32-39(5,35)36)17-18-26(25)33(28)20-21-13-15-22(16-14-21)24-10-8-9-11-27(24)37-29(34)38-30(2,3)4/h8-11,13-19,32H,6-7,12,20H2,1-5H3. The lowest BCUT2D eigenvalue weighted by Gasteiger charge is -2.19. The number of nitrogens with zero attached hydrogens (tertiary/aromatic N) is 2. The van der Waals surface area contributed by atoms with Gasteiger partial charge in [-0.25, -0.2) is 18.2 Å². The van der Waals surface area contributed by atoms with E-state index in [0.29, 0.717) is 18.0 Å². The predicted octanol–water partition coefficient (Wildman–Crippen LogP) is 6.78. The summed E-state index contributed by atoms with van der Waals surface area (Å²) < 4.78 is 38.9. The lowest BCUT2D eigenvalue weighted by atomic mass is 10.0. The van der Waals surface area contributed by atoms with Gasteiger partial charge in [-0.05, 0) is 62.6 Å². The third-order valence-electron chi connectivity index (χ3n) is 5.96. The zero-order chi connectivity index (χ0) is 28.2. The number of sulfonamides is 1. The molecule has 0 atom stereocenters. The van der Waals surface area contributed by atoms with Crippen LogP contribution in [0.3, 0.4) is 0 Å². The molecule has 0 unspecified atom stereocenters. The number of carbonyl (C=O) groups excluding carboxylic acids is 1. The molecule has 1 N–H and O–H groups in total. The van der Waals surface area contributed by atoms with Crippen LogP contribution in [0.15, 0.2) is 66.7 Å². The number of hydrogen-bond acceptors (Lipinski definition) is 6. The Labute approximate surface area is 230 Å². The number of nitrogens with one attached hydrogen (secondary N) is 1. The molecule has 0 aliphatic rings. The molecule has 4 rings (SSSR count). The van der Waals surface area contributed by atoms with Crippen molar-refractivity contribution >= 4 is 32.9 Å². The van der Waals surface area contributed by atoms with Gasteiger partial charge in [0.1, 0.15) is 17.2 Å². The number of hydrogen-bond donors (Lipinski definition) is 1. The zero-order valence-corrected chi connectivity index (χ0v) is 23.8. The highest BCUT2D eigenvalue weighted by atomic mass is 32.2. The van der Waals surface area contributed by atoms with Gasteiger partial charge in [0, 0.05) is 18.5 Å². The molecular formula is C30H35N3O5S. The lowest BCUT2D eigenvalue weighted by molar-refractivity contribution is 0.0207. The molecule has 0 aliphatic carbocycles. The maximum absolute atomic E-state index is 12.3. The van der Waals surface area contributed by atoms with Crippen molar-refractivity contribution in [2.45, 2.75) is 59.1 Å². The van der Waals surface area contributed by atoms with Gasteiger partial charge in [-0.2, -0.15) is 0 Å². The van der Waals surface area contributed by atoms with Crippen LogP contribution < -0.4 is 9.46 Å². The van der Waals surface area contributed by atoms with E-state index < -0.39 is 21.8 Å². The summed E-state index contributed by atoms with van der Waals surface area (Å²) >= 11 is 0. The number of imidazole rings is 1. The Balaban J connectivity index is 1.60. The first-order valence-corrected chi connectivity index (χ1v) is 14.9. The topological polar surface area (TPSA) is 99.5 Å². The molecule has 0 bridgehead atoms. The van der Waals surface area contributed by atoms with Crippen LogP contribution in [0.5, 0.6) is 5.75 Å². The predicted molar refractivity (Wildman–Crippen MR) is 155 cm³/mol. The average molecular weight is 550 g/mol. The molecule has 206 valence electrons. The van der Waals surface area contributed by atoms with Crippen molar-refractivity contribution in [3.8, 4) is 16.9 Å². The van der Waals surface area contributed by atoms with Crippen LogP contribution in [0.4, 0.5) is 10.5 Å². The van der Waals surface area contributed by atoms with E-state index in [1.165, 1.54) is 0 Å². The van der Waals surface area contributed by atoms with E-state index in [2.05, 4.69) is 28.3 Å². The van der Waals surface area contributed by atoms with Crippen molar-refractivity contribution < 1.29 is 22.7 Å². The minimum absolute atomic E-state index is 0.431. The van der Waals surface area contributed by atoms with Crippen LogP contribution in [0.25, 0.3) is 22.2 Å². The van der Waals surface area contributed by atoms with Gasteiger partial charge in [-0.1, -0.05) is 55.8 Å². The van der Waals surface area contributed by atoms with Crippen LogP contribution in [-0.4, -0.2) is 36.0 Å². The fourth-order valence-electron chi connectivity index (χ4n) is 4.29. The average Bonchev–Trinajstić information content (AvgIpc) is 3.17. The van der Waals surface area contributed by atoms with E-state index in [1.807, 2.05) is 36.4 Å². The van der Waals surface area contributed by atoms with Gasteiger partial charge in [0.25, 0.3) is 0 Å². The highest BCUT2D eigenvalue weighted by Crippen LogP contribution is 2.31. The monoisotopic (exact) mass is 549 g/mol. The van der Waals surface area contributed by atoms with Crippen LogP contribution in [-0.2, 0) is 27.7 Å². The summed E-state index contributed by atoms with van der Waals surface area (Å²) in [5, 5.41) is 0. The number of para-hydroxylation sites is 1. The molecule has 0 fully saturated rings. The second kappa shape index (κ2) is 11.5. The number of carbonyl (C=O) groups is 1. The summed E-state index contributed by atoms with van der Waals surface area (Å²) in [6, 6.07) is 20.9. The second-order valence-electron chi connectivity index (χ2n) is 10.6. The molecule has 0 saturated heterocycles. The van der Waals surface area contributed by atoms with Crippen LogP contribution in [0, 0.1) is 0 Å². The number of rotatable bonds is 9. The molecule has 0 spiro atoms. The fraction of sp³-hybridized carbons (Fsp3) is 0.333. The van der Waals surface area contributed by atoms with Gasteiger partial charge in [-0.3, -0.25) is 4.72 Å². The van der Waals surface area contributed by atoms with Crippen LogP contribution in [0.2, 0.25) is 0 Å². The van der Waals surface area contributed by atoms with Gasteiger partial charge in [0.15, 0.2) is 0 Å². The van der Waals surface area contributed by atoms with E-state index in [0.717, 1.165) is 59.1 Å². The van der Waals surface area contributed by atoms with Crippen molar-refractivity contribution in [1.82, 2.24) is 9.55 Å². The second-order valence-corrected chi connectivity index (χ2v) is 12.3. The van der Waals surface area contributed by atoms with Crippen molar-refractivity contribution in [3.63, 3.8) is 0 Å². The number of ether oxygens (including phenoxy) is 2. The number of anilines is 1.